The third-order valence-corrected chi connectivity index (χ3v) is 4.13. The number of nitrogens with one attached hydrogen (secondary N) is 2. The van der Waals surface area contributed by atoms with Crippen LogP contribution in [0.2, 0.25) is 0 Å². The number of amides is 2. The van der Waals surface area contributed by atoms with Gasteiger partial charge in [0.1, 0.15) is 11.6 Å². The summed E-state index contributed by atoms with van der Waals surface area (Å²) in [5.74, 6) is -2.54. The van der Waals surface area contributed by atoms with Crippen LogP contribution in [0.15, 0.2) is 72.8 Å². The molecule has 3 aromatic carbocycles. The van der Waals surface area contributed by atoms with Gasteiger partial charge in [-0.3, -0.25) is 9.59 Å². The molecular formula is C22H18F2N2O2. The van der Waals surface area contributed by atoms with E-state index in [4.69, 9.17) is 0 Å². The normalized spacial score (nSPS) is 10.4. The van der Waals surface area contributed by atoms with E-state index >= 15 is 0 Å². The Morgan fingerprint density at radius 3 is 2.25 bits per heavy atom. The van der Waals surface area contributed by atoms with Crippen molar-refractivity contribution >= 4 is 17.5 Å². The van der Waals surface area contributed by atoms with Gasteiger partial charge in [0.2, 0.25) is 0 Å². The lowest BCUT2D eigenvalue weighted by Crippen LogP contribution is -2.27. The van der Waals surface area contributed by atoms with Gasteiger partial charge in [0.05, 0.1) is 16.8 Å². The summed E-state index contributed by atoms with van der Waals surface area (Å²) in [5, 5.41) is 5.16. The molecule has 0 spiro atoms. The highest BCUT2D eigenvalue weighted by atomic mass is 19.1. The molecule has 0 heterocycles. The van der Waals surface area contributed by atoms with Crippen LogP contribution < -0.4 is 10.6 Å². The summed E-state index contributed by atoms with van der Waals surface area (Å²) in [4.78, 5) is 24.8. The molecule has 0 aliphatic carbocycles. The van der Waals surface area contributed by atoms with E-state index in [0.29, 0.717) is 13.0 Å². The van der Waals surface area contributed by atoms with Gasteiger partial charge in [-0.1, -0.05) is 42.5 Å². The van der Waals surface area contributed by atoms with Crippen molar-refractivity contribution in [2.24, 2.45) is 0 Å². The standard InChI is InChI=1S/C22H18F2N2O2/c23-16-10-11-18(21(27)25-13-12-15-6-2-1-3-7-15)20(14-16)26-22(28)17-8-4-5-9-19(17)24/h1-11,14H,12-13H2,(H,25,27)(H,26,28). The summed E-state index contributed by atoms with van der Waals surface area (Å²) in [6.45, 7) is 0.376. The molecule has 2 amide bonds. The van der Waals surface area contributed by atoms with Crippen molar-refractivity contribution in [3.05, 3.63) is 101 Å². The van der Waals surface area contributed by atoms with Gasteiger partial charge in [0.15, 0.2) is 0 Å². The lowest BCUT2D eigenvalue weighted by atomic mass is 10.1. The fourth-order valence-corrected chi connectivity index (χ4v) is 2.71. The first-order chi connectivity index (χ1) is 13.5. The van der Waals surface area contributed by atoms with Crippen molar-refractivity contribution in [1.29, 1.82) is 0 Å². The minimum atomic E-state index is -0.762. The highest BCUT2D eigenvalue weighted by Crippen LogP contribution is 2.19. The Morgan fingerprint density at radius 2 is 1.50 bits per heavy atom. The highest BCUT2D eigenvalue weighted by molar-refractivity contribution is 6.09. The number of anilines is 1. The minimum absolute atomic E-state index is 0.0227. The summed E-state index contributed by atoms with van der Waals surface area (Å²) in [7, 11) is 0. The van der Waals surface area contributed by atoms with Crippen LogP contribution in [0.1, 0.15) is 26.3 Å². The molecule has 6 heteroatoms. The quantitative estimate of drug-likeness (QED) is 0.674. The predicted molar refractivity (Wildman–Crippen MR) is 103 cm³/mol. The van der Waals surface area contributed by atoms with E-state index in [1.54, 1.807) is 0 Å². The molecular weight excluding hydrogens is 362 g/mol. The van der Waals surface area contributed by atoms with Crippen LogP contribution in [0.5, 0.6) is 0 Å². The van der Waals surface area contributed by atoms with E-state index in [2.05, 4.69) is 10.6 Å². The van der Waals surface area contributed by atoms with E-state index < -0.39 is 23.4 Å². The summed E-state index contributed by atoms with van der Waals surface area (Å²) in [5.41, 5.74) is 0.946. The molecule has 3 rings (SSSR count). The number of carbonyl (C=O) groups is 2. The topological polar surface area (TPSA) is 58.2 Å². The minimum Gasteiger partial charge on any atom is -0.352 e. The molecule has 0 aromatic heterocycles. The van der Waals surface area contributed by atoms with Crippen molar-refractivity contribution in [1.82, 2.24) is 5.32 Å². The molecule has 4 nitrogen and oxygen atoms in total. The summed E-state index contributed by atoms with van der Waals surface area (Å²) in [6.07, 6.45) is 0.630. The molecule has 0 aliphatic rings. The maximum atomic E-state index is 13.8. The summed E-state index contributed by atoms with van der Waals surface area (Å²) < 4.78 is 27.5. The lowest BCUT2D eigenvalue weighted by Gasteiger charge is -2.12. The number of halogens is 2. The Kier molecular flexibility index (Phi) is 6.11. The lowest BCUT2D eigenvalue weighted by molar-refractivity contribution is 0.0955. The second-order valence-electron chi connectivity index (χ2n) is 6.12. The number of benzene rings is 3. The van der Waals surface area contributed by atoms with Gasteiger partial charge in [-0.25, -0.2) is 8.78 Å². The van der Waals surface area contributed by atoms with Crippen molar-refractivity contribution in [3.63, 3.8) is 0 Å². The summed E-state index contributed by atoms with van der Waals surface area (Å²) in [6, 6.07) is 18.5. The summed E-state index contributed by atoms with van der Waals surface area (Å²) >= 11 is 0. The van der Waals surface area contributed by atoms with Crippen molar-refractivity contribution in [2.75, 3.05) is 11.9 Å². The molecule has 0 aliphatic heterocycles. The smallest absolute Gasteiger partial charge is 0.258 e. The molecule has 28 heavy (non-hydrogen) atoms. The second-order valence-corrected chi connectivity index (χ2v) is 6.12. The van der Waals surface area contributed by atoms with E-state index in [9.17, 15) is 18.4 Å². The van der Waals surface area contributed by atoms with Crippen LogP contribution in [0.25, 0.3) is 0 Å². The molecule has 0 fully saturated rings. The van der Waals surface area contributed by atoms with Gasteiger partial charge >= 0.3 is 0 Å². The first-order valence-corrected chi connectivity index (χ1v) is 8.72. The maximum Gasteiger partial charge on any atom is 0.258 e. The Hall–Kier alpha value is -3.54. The molecule has 0 radical (unpaired) electrons. The van der Waals surface area contributed by atoms with Crippen LogP contribution in [0.3, 0.4) is 0 Å². The van der Waals surface area contributed by atoms with Gasteiger partial charge in [0, 0.05) is 6.54 Å². The van der Waals surface area contributed by atoms with Crippen LogP contribution in [-0.4, -0.2) is 18.4 Å². The fourth-order valence-electron chi connectivity index (χ4n) is 2.71. The predicted octanol–water partition coefficient (Wildman–Crippen LogP) is 4.19. The van der Waals surface area contributed by atoms with Crippen LogP contribution >= 0.6 is 0 Å². The van der Waals surface area contributed by atoms with Crippen LogP contribution in [-0.2, 0) is 6.42 Å². The van der Waals surface area contributed by atoms with Crippen molar-refractivity contribution < 1.29 is 18.4 Å². The molecule has 0 unspecified atom stereocenters. The largest absolute Gasteiger partial charge is 0.352 e. The number of hydrogen-bond acceptors (Lipinski definition) is 2. The number of rotatable bonds is 6. The third kappa shape index (κ3) is 4.79. The zero-order valence-corrected chi connectivity index (χ0v) is 14.9. The molecule has 0 saturated carbocycles. The van der Waals surface area contributed by atoms with E-state index in [1.165, 1.54) is 24.3 Å². The highest BCUT2D eigenvalue weighted by Gasteiger charge is 2.17. The molecule has 0 atom stereocenters. The molecule has 2 N–H and O–H groups in total. The van der Waals surface area contributed by atoms with Crippen LogP contribution in [0.4, 0.5) is 14.5 Å². The van der Waals surface area contributed by atoms with Gasteiger partial charge < -0.3 is 10.6 Å². The molecule has 142 valence electrons. The number of hydrogen-bond donors (Lipinski definition) is 2. The van der Waals surface area contributed by atoms with Gasteiger partial charge in [0.25, 0.3) is 11.8 Å². The SMILES string of the molecule is O=C(Nc1cc(F)ccc1C(=O)NCCc1ccccc1)c1ccccc1F. The van der Waals surface area contributed by atoms with Gasteiger partial charge in [-0.2, -0.15) is 0 Å². The van der Waals surface area contributed by atoms with E-state index in [0.717, 1.165) is 23.8 Å². The first-order valence-electron chi connectivity index (χ1n) is 8.72. The Labute approximate surface area is 161 Å². The van der Waals surface area contributed by atoms with Gasteiger partial charge in [-0.15, -0.1) is 0 Å². The zero-order chi connectivity index (χ0) is 19.9. The first kappa shape index (κ1) is 19.2. The maximum absolute atomic E-state index is 13.8. The van der Waals surface area contributed by atoms with Gasteiger partial charge in [-0.05, 0) is 42.3 Å². The monoisotopic (exact) mass is 380 g/mol. The number of carbonyl (C=O) groups excluding carboxylic acids is 2. The second kappa shape index (κ2) is 8.90. The zero-order valence-electron chi connectivity index (χ0n) is 14.9. The van der Waals surface area contributed by atoms with Crippen LogP contribution in [0, 0.1) is 11.6 Å². The Balaban J connectivity index is 1.72. The molecule has 0 bridgehead atoms. The van der Waals surface area contributed by atoms with E-state index in [1.807, 2.05) is 30.3 Å². The van der Waals surface area contributed by atoms with E-state index in [-0.39, 0.29) is 16.8 Å². The Morgan fingerprint density at radius 1 is 0.786 bits per heavy atom. The van der Waals surface area contributed by atoms with Crippen molar-refractivity contribution in [3.8, 4) is 0 Å². The third-order valence-electron chi connectivity index (χ3n) is 4.13. The molecule has 0 saturated heterocycles. The average Bonchev–Trinajstić information content (AvgIpc) is 2.69. The molecule has 3 aromatic rings. The van der Waals surface area contributed by atoms with Crippen molar-refractivity contribution in [2.45, 2.75) is 6.42 Å². The Bertz CT molecular complexity index is 991. The fraction of sp³-hybridized carbons (Fsp3) is 0.0909. The average molecular weight is 380 g/mol.